The monoisotopic (exact) mass is 579 g/mol. The predicted molar refractivity (Wildman–Crippen MR) is 147 cm³/mol. The van der Waals surface area contributed by atoms with Crippen molar-refractivity contribution in [2.24, 2.45) is 0 Å². The molecule has 0 saturated carbocycles. The Kier molecular flexibility index (Phi) is 8.48. The summed E-state index contributed by atoms with van der Waals surface area (Å²) in [7, 11) is 1.55. The number of hydrogen-bond donors (Lipinski definition) is 1. The zero-order chi connectivity index (χ0) is 29.8. The molecule has 0 aliphatic rings. The number of rotatable bonds is 11. The van der Waals surface area contributed by atoms with Crippen LogP contribution in [0.3, 0.4) is 0 Å². The van der Waals surface area contributed by atoms with Gasteiger partial charge in [0.15, 0.2) is 0 Å². The Balaban J connectivity index is 1.35. The first kappa shape index (κ1) is 28.7. The fourth-order valence-electron chi connectivity index (χ4n) is 4.52. The maximum atomic E-state index is 15.3. The van der Waals surface area contributed by atoms with E-state index in [9.17, 15) is 23.1 Å². The molecule has 0 radical (unpaired) electrons. The molecule has 5 rings (SSSR count). The summed E-state index contributed by atoms with van der Waals surface area (Å²) in [5, 5.41) is 9.39. The van der Waals surface area contributed by atoms with Crippen molar-refractivity contribution >= 4 is 17.0 Å². The second kappa shape index (κ2) is 12.4. The first-order chi connectivity index (χ1) is 20.2. The smallest absolute Gasteiger partial charge is 0.335 e. The van der Waals surface area contributed by atoms with E-state index in [1.807, 2.05) is 4.57 Å². The molecule has 0 unspecified atom stereocenters. The normalized spacial score (nSPS) is 11.4. The molecule has 0 fully saturated rings. The van der Waals surface area contributed by atoms with Crippen molar-refractivity contribution in [3.8, 4) is 17.1 Å². The standard InChI is InChI=1S/C31H25F4N3O4/c1-41-12-11-38-27-15-21(31(39)40)9-10-26(27)36-28(38)16-18-5-6-19(13-23(18)32)25-3-2-4-29(37-25)42-17-22-8-7-20(30(34)35)14-24(22)33/h2-10,13-15,30H,11-12,16-17H2,1H3,(H,39,40). The van der Waals surface area contributed by atoms with Crippen molar-refractivity contribution in [3.63, 3.8) is 0 Å². The molecule has 0 aliphatic heterocycles. The summed E-state index contributed by atoms with van der Waals surface area (Å²) in [6, 6.07) is 17.3. The third-order valence-corrected chi connectivity index (χ3v) is 6.72. The number of carboxylic acid groups (broad SMARTS) is 1. The maximum Gasteiger partial charge on any atom is 0.335 e. The summed E-state index contributed by atoms with van der Waals surface area (Å²) >= 11 is 0. The predicted octanol–water partition coefficient (Wildman–Crippen LogP) is 6.83. The molecule has 1 N–H and O–H groups in total. The minimum absolute atomic E-state index is 0.0951. The van der Waals surface area contributed by atoms with Gasteiger partial charge in [-0.05, 0) is 42.0 Å². The lowest BCUT2D eigenvalue weighted by Crippen LogP contribution is -2.10. The van der Waals surface area contributed by atoms with Crippen molar-refractivity contribution < 1.29 is 36.9 Å². The number of benzene rings is 3. The average Bonchev–Trinajstić information content (AvgIpc) is 3.32. The number of methoxy groups -OCH3 is 1. The largest absolute Gasteiger partial charge is 0.478 e. The minimum Gasteiger partial charge on any atom is -0.478 e. The Morgan fingerprint density at radius 3 is 2.45 bits per heavy atom. The molecule has 2 aromatic heterocycles. The van der Waals surface area contributed by atoms with Crippen molar-refractivity contribution in [3.05, 3.63) is 113 Å². The summed E-state index contributed by atoms with van der Waals surface area (Å²) in [5.74, 6) is -1.64. The van der Waals surface area contributed by atoms with E-state index in [1.54, 1.807) is 43.5 Å². The van der Waals surface area contributed by atoms with Crippen LogP contribution in [-0.4, -0.2) is 39.3 Å². The highest BCUT2D eigenvalue weighted by molar-refractivity contribution is 5.92. The van der Waals surface area contributed by atoms with E-state index in [0.717, 1.165) is 12.1 Å². The Hall–Kier alpha value is -4.77. The summed E-state index contributed by atoms with van der Waals surface area (Å²) in [5.41, 5.74) is 2.28. The van der Waals surface area contributed by atoms with Gasteiger partial charge in [-0.1, -0.05) is 30.3 Å². The summed E-state index contributed by atoms with van der Waals surface area (Å²) in [4.78, 5) is 20.5. The zero-order valence-electron chi connectivity index (χ0n) is 22.4. The molecule has 11 heteroatoms. The lowest BCUT2D eigenvalue weighted by atomic mass is 10.1. The highest BCUT2D eigenvalue weighted by Crippen LogP contribution is 2.26. The van der Waals surface area contributed by atoms with Crippen molar-refractivity contribution in [1.82, 2.24) is 14.5 Å². The number of halogens is 4. The van der Waals surface area contributed by atoms with Gasteiger partial charge in [0.25, 0.3) is 6.43 Å². The number of nitrogens with zero attached hydrogens (tertiary/aromatic N) is 3. The van der Waals surface area contributed by atoms with Crippen LogP contribution in [0.2, 0.25) is 0 Å². The van der Waals surface area contributed by atoms with E-state index < -0.39 is 29.6 Å². The van der Waals surface area contributed by atoms with Crippen LogP contribution < -0.4 is 4.74 Å². The first-order valence-electron chi connectivity index (χ1n) is 12.9. The Bertz CT molecular complexity index is 1760. The number of fused-ring (bicyclic) bond motifs is 1. The molecular weight excluding hydrogens is 554 g/mol. The number of aromatic carboxylic acids is 1. The van der Waals surface area contributed by atoms with E-state index >= 15 is 4.39 Å². The van der Waals surface area contributed by atoms with Crippen LogP contribution in [0.25, 0.3) is 22.3 Å². The molecular formula is C31H25F4N3O4. The lowest BCUT2D eigenvalue weighted by Gasteiger charge is -2.11. The molecule has 0 aliphatic carbocycles. The summed E-state index contributed by atoms with van der Waals surface area (Å²) in [6.45, 7) is 0.536. The van der Waals surface area contributed by atoms with Gasteiger partial charge in [0.05, 0.1) is 28.9 Å². The highest BCUT2D eigenvalue weighted by Gasteiger charge is 2.17. The third-order valence-electron chi connectivity index (χ3n) is 6.72. The molecule has 5 aromatic rings. The van der Waals surface area contributed by atoms with Crippen LogP contribution in [-0.2, 0) is 24.3 Å². The van der Waals surface area contributed by atoms with Gasteiger partial charge in [-0.3, -0.25) is 0 Å². The van der Waals surface area contributed by atoms with Crippen LogP contribution in [0.4, 0.5) is 17.6 Å². The molecule has 3 aromatic carbocycles. The molecule has 0 saturated heterocycles. The Labute approximate surface area is 238 Å². The molecule has 216 valence electrons. The van der Waals surface area contributed by atoms with E-state index in [1.165, 1.54) is 24.3 Å². The van der Waals surface area contributed by atoms with E-state index in [0.29, 0.717) is 46.8 Å². The molecule has 7 nitrogen and oxygen atoms in total. The van der Waals surface area contributed by atoms with Crippen LogP contribution in [0.1, 0.15) is 39.3 Å². The molecule has 0 amide bonds. The lowest BCUT2D eigenvalue weighted by molar-refractivity contribution is 0.0697. The minimum atomic E-state index is -2.77. The Morgan fingerprint density at radius 2 is 1.74 bits per heavy atom. The van der Waals surface area contributed by atoms with Crippen LogP contribution >= 0.6 is 0 Å². The average molecular weight is 580 g/mol. The summed E-state index contributed by atoms with van der Waals surface area (Å²) < 4.78 is 67.7. The summed E-state index contributed by atoms with van der Waals surface area (Å²) in [6.07, 6.45) is -2.62. The SMILES string of the molecule is COCCn1c(Cc2ccc(-c3cccc(OCc4ccc(C(F)F)cc4F)n3)cc2F)nc2ccc(C(=O)O)cc21. The van der Waals surface area contributed by atoms with Gasteiger partial charge < -0.3 is 19.1 Å². The fourth-order valence-corrected chi connectivity index (χ4v) is 4.52. The molecule has 42 heavy (non-hydrogen) atoms. The second-order valence-corrected chi connectivity index (χ2v) is 9.47. The number of aromatic nitrogens is 3. The maximum absolute atomic E-state index is 15.3. The van der Waals surface area contributed by atoms with E-state index in [2.05, 4.69) is 9.97 Å². The van der Waals surface area contributed by atoms with Crippen LogP contribution in [0.5, 0.6) is 5.88 Å². The van der Waals surface area contributed by atoms with Crippen molar-refractivity contribution in [1.29, 1.82) is 0 Å². The molecule has 0 spiro atoms. The Morgan fingerprint density at radius 1 is 0.952 bits per heavy atom. The number of ether oxygens (including phenoxy) is 2. The van der Waals surface area contributed by atoms with Gasteiger partial charge in [-0.25, -0.2) is 32.3 Å². The number of pyridine rings is 1. The molecule has 0 bridgehead atoms. The topological polar surface area (TPSA) is 86.5 Å². The van der Waals surface area contributed by atoms with E-state index in [4.69, 9.17) is 9.47 Å². The van der Waals surface area contributed by atoms with Gasteiger partial charge in [0, 0.05) is 42.8 Å². The number of carbonyl (C=O) groups is 1. The quantitative estimate of drug-likeness (QED) is 0.173. The highest BCUT2D eigenvalue weighted by atomic mass is 19.3. The molecule has 0 atom stereocenters. The van der Waals surface area contributed by atoms with Crippen molar-refractivity contribution in [2.45, 2.75) is 26.0 Å². The number of alkyl halides is 2. The van der Waals surface area contributed by atoms with Crippen LogP contribution in [0, 0.1) is 11.6 Å². The number of carboxylic acids is 1. The molecule has 2 heterocycles. The van der Waals surface area contributed by atoms with Gasteiger partial charge >= 0.3 is 5.97 Å². The number of imidazole rings is 1. The van der Waals surface area contributed by atoms with Gasteiger partial charge in [-0.15, -0.1) is 0 Å². The number of hydrogen-bond acceptors (Lipinski definition) is 5. The fraction of sp³-hybridized carbons (Fsp3) is 0.194. The third kappa shape index (κ3) is 6.26. The van der Waals surface area contributed by atoms with Gasteiger partial charge in [0.2, 0.25) is 5.88 Å². The van der Waals surface area contributed by atoms with Gasteiger partial charge in [-0.2, -0.15) is 0 Å². The first-order valence-corrected chi connectivity index (χ1v) is 12.9. The zero-order valence-corrected chi connectivity index (χ0v) is 22.4. The van der Waals surface area contributed by atoms with Crippen LogP contribution in [0.15, 0.2) is 72.8 Å². The second-order valence-electron chi connectivity index (χ2n) is 9.47. The van der Waals surface area contributed by atoms with E-state index in [-0.39, 0.29) is 30.0 Å². The van der Waals surface area contributed by atoms with Gasteiger partial charge in [0.1, 0.15) is 24.1 Å². The van der Waals surface area contributed by atoms with Crippen molar-refractivity contribution in [2.75, 3.05) is 13.7 Å².